The van der Waals surface area contributed by atoms with Gasteiger partial charge in [0.15, 0.2) is 0 Å². The topological polar surface area (TPSA) is 3.24 Å². The first-order chi connectivity index (χ1) is 6.78. The normalized spacial score (nSPS) is 26.5. The van der Waals surface area contributed by atoms with Crippen molar-refractivity contribution in [3.8, 4) is 0 Å². The Labute approximate surface area is 100 Å². The van der Waals surface area contributed by atoms with Crippen LogP contribution >= 0.6 is 6.62 Å². The van der Waals surface area contributed by atoms with Crippen LogP contribution in [-0.2, 0) is 12.2 Å². The summed E-state index contributed by atoms with van der Waals surface area (Å²) in [6.45, 7) is 11.4. The number of hydrogen-bond donors (Lipinski definition) is 0. The largest absolute Gasteiger partial charge is 0.548 e. The van der Waals surface area contributed by atoms with Gasteiger partial charge in [-0.2, -0.15) is 11.1 Å². The maximum absolute atomic E-state index is 5.82. The summed E-state index contributed by atoms with van der Waals surface area (Å²) in [5.74, 6) is 5.78. The minimum atomic E-state index is -1.69. The monoisotopic (exact) mass is 242 g/mol. The summed E-state index contributed by atoms with van der Waals surface area (Å²) in [4.78, 5) is 0. The molecule has 1 atom stereocenters. The second-order valence-electron chi connectivity index (χ2n) is 4.74. The van der Waals surface area contributed by atoms with Gasteiger partial charge in [0.25, 0.3) is 0 Å². The number of hydrogen-bond acceptors (Lipinski definition) is 2. The van der Waals surface area contributed by atoms with E-state index in [0.29, 0.717) is 12.1 Å². The summed E-state index contributed by atoms with van der Waals surface area (Å²) >= 11 is 5.82. The summed E-state index contributed by atoms with van der Waals surface area (Å²) in [6.07, 6.45) is 0. The van der Waals surface area contributed by atoms with Crippen LogP contribution in [0.4, 0.5) is 0 Å². The van der Waals surface area contributed by atoms with Crippen molar-refractivity contribution in [3.05, 3.63) is 22.8 Å². The average molecular weight is 242 g/mol. The van der Waals surface area contributed by atoms with Crippen molar-refractivity contribution in [2.75, 3.05) is 0 Å². The van der Waals surface area contributed by atoms with E-state index in [-0.39, 0.29) is 0 Å². The van der Waals surface area contributed by atoms with Gasteiger partial charge in [-0.25, -0.2) is 4.67 Å². The molecule has 0 spiro atoms. The van der Waals surface area contributed by atoms with Crippen LogP contribution in [0.25, 0.3) is 0 Å². The molecular formula is C12H21NPS-. The molecule has 1 rings (SSSR count). The molecule has 0 bridgehead atoms. The molecule has 1 aliphatic rings. The van der Waals surface area contributed by atoms with Crippen LogP contribution < -0.4 is 0 Å². The molecule has 0 fully saturated rings. The lowest BCUT2D eigenvalue weighted by atomic mass is 10.2. The molecule has 0 aliphatic carbocycles. The summed E-state index contributed by atoms with van der Waals surface area (Å²) in [5, 5.41) is 0. The fourth-order valence-corrected chi connectivity index (χ4v) is 7.20. The van der Waals surface area contributed by atoms with E-state index in [1.807, 2.05) is 0 Å². The summed E-state index contributed by atoms with van der Waals surface area (Å²) in [7, 11) is 0. The molecule has 0 aromatic rings. The van der Waals surface area contributed by atoms with Gasteiger partial charge in [-0.3, -0.25) is 0 Å². The lowest BCUT2D eigenvalue weighted by Crippen LogP contribution is -2.34. The van der Waals surface area contributed by atoms with Crippen LogP contribution in [0.3, 0.4) is 0 Å². The van der Waals surface area contributed by atoms with E-state index in [0.717, 1.165) is 0 Å². The molecule has 0 aromatic heterocycles. The highest BCUT2D eigenvalue weighted by atomic mass is 32.7. The molecule has 1 heterocycles. The Morgan fingerprint density at radius 1 is 1.20 bits per heavy atom. The zero-order valence-electron chi connectivity index (χ0n) is 10.5. The molecule has 15 heavy (non-hydrogen) atoms. The highest BCUT2D eigenvalue weighted by Crippen LogP contribution is 2.68. The van der Waals surface area contributed by atoms with Gasteiger partial charge in [0, 0.05) is 12.1 Å². The predicted molar refractivity (Wildman–Crippen MR) is 72.6 cm³/mol. The van der Waals surface area contributed by atoms with Crippen LogP contribution in [0.15, 0.2) is 17.0 Å². The van der Waals surface area contributed by atoms with Crippen molar-refractivity contribution >= 4 is 18.9 Å². The Morgan fingerprint density at radius 3 is 1.93 bits per heavy atom. The lowest BCUT2D eigenvalue weighted by Gasteiger charge is -2.46. The number of nitrogens with zero attached hydrogens (tertiary/aromatic N) is 1. The van der Waals surface area contributed by atoms with Crippen LogP contribution in [0, 0.1) is 5.82 Å². The third kappa shape index (κ3) is 2.67. The van der Waals surface area contributed by atoms with Crippen molar-refractivity contribution in [1.82, 2.24) is 4.67 Å². The Morgan fingerprint density at radius 2 is 1.67 bits per heavy atom. The van der Waals surface area contributed by atoms with Gasteiger partial charge >= 0.3 is 0 Å². The van der Waals surface area contributed by atoms with Crippen LogP contribution in [0.2, 0.25) is 0 Å². The van der Waals surface area contributed by atoms with Gasteiger partial charge in [0.05, 0.1) is 0 Å². The quantitative estimate of drug-likeness (QED) is 0.416. The third-order valence-corrected chi connectivity index (χ3v) is 6.85. The first kappa shape index (κ1) is 13.3. The summed E-state index contributed by atoms with van der Waals surface area (Å²) in [5.41, 5.74) is 2.55. The molecule has 0 N–H and O–H groups in total. The predicted octanol–water partition coefficient (Wildman–Crippen LogP) is 4.12. The van der Waals surface area contributed by atoms with Gasteiger partial charge in [-0.05, 0) is 33.5 Å². The highest BCUT2D eigenvalue weighted by Gasteiger charge is 2.30. The standard InChI is InChI=1S/C12H21NPS/c1-9(2)13(10(3)4)14(15)7-11(5)12(6)8-14/h7,9-10H,1-6H3/q-1. The lowest BCUT2D eigenvalue weighted by molar-refractivity contribution is 0.325. The summed E-state index contributed by atoms with van der Waals surface area (Å²) < 4.78 is 2.43. The fourth-order valence-electron chi connectivity index (χ4n) is 2.13. The molecule has 0 radical (unpaired) electrons. The van der Waals surface area contributed by atoms with E-state index in [2.05, 4.69) is 57.8 Å². The zero-order valence-corrected chi connectivity index (χ0v) is 12.2. The Bertz CT molecular complexity index is 279. The van der Waals surface area contributed by atoms with Crippen molar-refractivity contribution in [2.24, 2.45) is 0 Å². The first-order valence-electron chi connectivity index (χ1n) is 5.48. The van der Waals surface area contributed by atoms with Crippen molar-refractivity contribution in [1.29, 1.82) is 0 Å². The van der Waals surface area contributed by atoms with E-state index < -0.39 is 6.62 Å². The van der Waals surface area contributed by atoms with Crippen LogP contribution in [0.1, 0.15) is 41.5 Å². The minimum Gasteiger partial charge on any atom is -0.548 e. The molecule has 0 saturated carbocycles. The van der Waals surface area contributed by atoms with Crippen molar-refractivity contribution in [2.45, 2.75) is 53.6 Å². The molecule has 0 aromatic carbocycles. The molecule has 86 valence electrons. The van der Waals surface area contributed by atoms with Crippen LogP contribution in [-0.4, -0.2) is 16.8 Å². The van der Waals surface area contributed by atoms with E-state index in [9.17, 15) is 0 Å². The zero-order chi connectivity index (χ0) is 11.8. The van der Waals surface area contributed by atoms with Crippen molar-refractivity contribution in [3.63, 3.8) is 0 Å². The maximum atomic E-state index is 5.82. The molecule has 0 saturated heterocycles. The second kappa shape index (κ2) is 4.61. The number of rotatable bonds is 3. The molecule has 1 unspecified atom stereocenters. The maximum Gasteiger partial charge on any atom is 0.0361 e. The minimum absolute atomic E-state index is 0.485. The molecule has 1 nitrogen and oxygen atoms in total. The van der Waals surface area contributed by atoms with Gasteiger partial charge in [-0.1, -0.05) is 19.4 Å². The Hall–Kier alpha value is 0.220. The Balaban J connectivity index is 3.06. The van der Waals surface area contributed by atoms with Gasteiger partial charge in [0.1, 0.15) is 0 Å². The number of allylic oxidation sites excluding steroid dienone is 2. The van der Waals surface area contributed by atoms with E-state index in [4.69, 9.17) is 12.2 Å². The van der Waals surface area contributed by atoms with E-state index in [1.165, 1.54) is 11.1 Å². The van der Waals surface area contributed by atoms with Gasteiger partial charge < -0.3 is 12.2 Å². The Kier molecular flexibility index (Phi) is 4.08. The SMILES string of the molecule is CC1=[C-][P+]([S-])(N(C(C)C)C(C)C)C=C1C. The molecule has 3 heteroatoms. The fraction of sp³-hybridized carbons (Fsp3) is 0.667. The smallest absolute Gasteiger partial charge is 0.0361 e. The third-order valence-electron chi connectivity index (χ3n) is 2.69. The average Bonchev–Trinajstić information content (AvgIpc) is 2.23. The van der Waals surface area contributed by atoms with E-state index >= 15 is 0 Å². The first-order valence-corrected chi connectivity index (χ1v) is 8.30. The van der Waals surface area contributed by atoms with E-state index in [1.54, 1.807) is 0 Å². The molecular weight excluding hydrogens is 221 g/mol. The summed E-state index contributed by atoms with van der Waals surface area (Å²) in [6, 6.07) is 0.969. The second-order valence-corrected chi connectivity index (χ2v) is 8.60. The van der Waals surface area contributed by atoms with Crippen molar-refractivity contribution < 1.29 is 0 Å². The molecule has 1 aliphatic heterocycles. The highest BCUT2D eigenvalue weighted by molar-refractivity contribution is 8.43. The van der Waals surface area contributed by atoms with Gasteiger partial charge in [-0.15, -0.1) is 6.92 Å². The molecule has 0 amide bonds. The van der Waals surface area contributed by atoms with Crippen LogP contribution in [0.5, 0.6) is 0 Å². The van der Waals surface area contributed by atoms with Gasteiger partial charge in [0.2, 0.25) is 0 Å².